The van der Waals surface area contributed by atoms with Crippen LogP contribution in [-0.2, 0) is 4.79 Å². The molecule has 0 unspecified atom stereocenters. The number of phenols is 2. The van der Waals surface area contributed by atoms with Gasteiger partial charge in [0.15, 0.2) is 5.78 Å². The van der Waals surface area contributed by atoms with Crippen molar-refractivity contribution in [3.05, 3.63) is 23.8 Å². The van der Waals surface area contributed by atoms with E-state index >= 15 is 0 Å². The number of amides is 1. The SMILES string of the molecule is CN1CCN(CC(=O)c2ccc(O)cc2O)C(C)(C)C1=O. The maximum atomic E-state index is 12.3. The number of carbonyl (C=O) groups is 2. The van der Waals surface area contributed by atoms with Crippen molar-refractivity contribution in [3.8, 4) is 11.5 Å². The number of likely N-dealkylation sites (N-methyl/N-ethyl adjacent to an activating group) is 1. The Morgan fingerprint density at radius 3 is 2.57 bits per heavy atom. The highest BCUT2D eigenvalue weighted by atomic mass is 16.3. The smallest absolute Gasteiger partial charge is 0.242 e. The molecule has 114 valence electrons. The molecule has 1 aliphatic rings. The average molecular weight is 292 g/mol. The Balaban J connectivity index is 2.17. The number of rotatable bonds is 3. The fraction of sp³-hybridized carbons (Fsp3) is 0.467. The first-order valence-corrected chi connectivity index (χ1v) is 6.79. The van der Waals surface area contributed by atoms with E-state index in [0.717, 1.165) is 6.07 Å². The molecule has 1 fully saturated rings. The summed E-state index contributed by atoms with van der Waals surface area (Å²) in [4.78, 5) is 28.0. The van der Waals surface area contributed by atoms with E-state index < -0.39 is 5.54 Å². The highest BCUT2D eigenvalue weighted by Gasteiger charge is 2.41. The Morgan fingerprint density at radius 2 is 1.95 bits per heavy atom. The van der Waals surface area contributed by atoms with Crippen molar-refractivity contribution < 1.29 is 19.8 Å². The monoisotopic (exact) mass is 292 g/mol. The van der Waals surface area contributed by atoms with Gasteiger partial charge in [0.1, 0.15) is 11.5 Å². The summed E-state index contributed by atoms with van der Waals surface area (Å²) in [5, 5.41) is 19.0. The number of phenolic OH excluding ortho intramolecular Hbond substituents is 2. The van der Waals surface area contributed by atoms with Crippen LogP contribution in [0.5, 0.6) is 11.5 Å². The van der Waals surface area contributed by atoms with Crippen molar-refractivity contribution in [2.45, 2.75) is 19.4 Å². The quantitative estimate of drug-likeness (QED) is 0.807. The first-order valence-electron chi connectivity index (χ1n) is 6.79. The second kappa shape index (κ2) is 5.37. The van der Waals surface area contributed by atoms with Gasteiger partial charge < -0.3 is 15.1 Å². The lowest BCUT2D eigenvalue weighted by atomic mass is 9.96. The Hall–Kier alpha value is -2.08. The van der Waals surface area contributed by atoms with Crippen LogP contribution in [0.15, 0.2) is 18.2 Å². The van der Waals surface area contributed by atoms with Gasteiger partial charge in [-0.2, -0.15) is 0 Å². The molecule has 6 heteroatoms. The number of nitrogens with zero attached hydrogens (tertiary/aromatic N) is 2. The molecule has 0 bridgehead atoms. The van der Waals surface area contributed by atoms with Crippen LogP contribution in [0.25, 0.3) is 0 Å². The summed E-state index contributed by atoms with van der Waals surface area (Å²) in [6.45, 7) is 4.78. The fourth-order valence-corrected chi connectivity index (χ4v) is 2.55. The van der Waals surface area contributed by atoms with Crippen molar-refractivity contribution in [3.63, 3.8) is 0 Å². The number of hydrogen-bond acceptors (Lipinski definition) is 5. The maximum Gasteiger partial charge on any atom is 0.242 e. The third-order valence-electron chi connectivity index (χ3n) is 3.98. The fourth-order valence-electron chi connectivity index (χ4n) is 2.55. The third-order valence-corrected chi connectivity index (χ3v) is 3.98. The van der Waals surface area contributed by atoms with Crippen LogP contribution < -0.4 is 0 Å². The molecule has 0 saturated carbocycles. The second-order valence-electron chi connectivity index (χ2n) is 5.83. The molecule has 1 aromatic rings. The van der Waals surface area contributed by atoms with Crippen molar-refractivity contribution in [1.29, 1.82) is 0 Å². The van der Waals surface area contributed by atoms with E-state index in [9.17, 15) is 19.8 Å². The molecule has 1 heterocycles. The van der Waals surface area contributed by atoms with Gasteiger partial charge in [0.2, 0.25) is 5.91 Å². The lowest BCUT2D eigenvalue weighted by Crippen LogP contribution is -2.62. The Labute approximate surface area is 123 Å². The first kappa shape index (κ1) is 15.3. The molecule has 0 radical (unpaired) electrons. The topological polar surface area (TPSA) is 81.1 Å². The number of carbonyl (C=O) groups excluding carboxylic acids is 2. The molecule has 0 atom stereocenters. The summed E-state index contributed by atoms with van der Waals surface area (Å²) >= 11 is 0. The molecule has 6 nitrogen and oxygen atoms in total. The van der Waals surface area contributed by atoms with E-state index in [0.29, 0.717) is 13.1 Å². The molecule has 0 aliphatic carbocycles. The summed E-state index contributed by atoms with van der Waals surface area (Å²) < 4.78 is 0. The highest BCUT2D eigenvalue weighted by molar-refractivity contribution is 6.00. The van der Waals surface area contributed by atoms with Gasteiger partial charge in [-0.25, -0.2) is 0 Å². The van der Waals surface area contributed by atoms with Gasteiger partial charge in [0.25, 0.3) is 0 Å². The molecule has 1 amide bonds. The lowest BCUT2D eigenvalue weighted by Gasteiger charge is -2.44. The van der Waals surface area contributed by atoms with E-state index in [4.69, 9.17) is 0 Å². The van der Waals surface area contributed by atoms with E-state index in [-0.39, 0.29) is 35.3 Å². The number of hydrogen-bond donors (Lipinski definition) is 2. The third kappa shape index (κ3) is 2.85. The van der Waals surface area contributed by atoms with Gasteiger partial charge in [0, 0.05) is 26.2 Å². The van der Waals surface area contributed by atoms with E-state index in [1.165, 1.54) is 12.1 Å². The van der Waals surface area contributed by atoms with Gasteiger partial charge in [-0.05, 0) is 26.0 Å². The normalized spacial score (nSPS) is 18.8. The van der Waals surface area contributed by atoms with Crippen LogP contribution in [0.3, 0.4) is 0 Å². The van der Waals surface area contributed by atoms with Crippen LogP contribution in [0, 0.1) is 0 Å². The summed E-state index contributed by atoms with van der Waals surface area (Å²) in [5.41, 5.74) is -0.607. The molecule has 1 aromatic carbocycles. The summed E-state index contributed by atoms with van der Waals surface area (Å²) in [6, 6.07) is 3.87. The van der Waals surface area contributed by atoms with Crippen LogP contribution in [-0.4, -0.2) is 63.9 Å². The zero-order valence-electron chi connectivity index (χ0n) is 12.5. The number of piperazine rings is 1. The van der Waals surface area contributed by atoms with E-state index in [1.807, 2.05) is 4.90 Å². The van der Waals surface area contributed by atoms with Gasteiger partial charge in [0.05, 0.1) is 17.6 Å². The number of benzene rings is 1. The summed E-state index contributed by atoms with van der Waals surface area (Å²) in [6.07, 6.45) is 0. The average Bonchev–Trinajstić information content (AvgIpc) is 2.40. The Kier molecular flexibility index (Phi) is 3.91. The van der Waals surface area contributed by atoms with Crippen LogP contribution in [0.4, 0.5) is 0 Å². The van der Waals surface area contributed by atoms with E-state index in [1.54, 1.807) is 25.8 Å². The summed E-state index contributed by atoms with van der Waals surface area (Å²) in [5.74, 6) is -0.660. The van der Waals surface area contributed by atoms with Gasteiger partial charge in [-0.3, -0.25) is 14.5 Å². The largest absolute Gasteiger partial charge is 0.508 e. The zero-order chi connectivity index (χ0) is 15.8. The molecule has 1 saturated heterocycles. The van der Waals surface area contributed by atoms with Gasteiger partial charge >= 0.3 is 0 Å². The minimum atomic E-state index is -0.755. The minimum Gasteiger partial charge on any atom is -0.508 e. The zero-order valence-corrected chi connectivity index (χ0v) is 12.5. The second-order valence-corrected chi connectivity index (χ2v) is 5.83. The van der Waals surface area contributed by atoms with Crippen LogP contribution in [0.2, 0.25) is 0 Å². The van der Waals surface area contributed by atoms with Crippen molar-refractivity contribution in [2.75, 3.05) is 26.7 Å². The number of aromatic hydroxyl groups is 2. The molecular formula is C15H20N2O4. The molecule has 0 aromatic heterocycles. The molecule has 0 spiro atoms. The predicted octanol–water partition coefficient (Wildman–Crippen LogP) is 0.833. The molecule has 2 N–H and O–H groups in total. The lowest BCUT2D eigenvalue weighted by molar-refractivity contribution is -0.146. The van der Waals surface area contributed by atoms with E-state index in [2.05, 4.69) is 0 Å². The number of Topliss-reactive ketones (excluding diaryl/α,β-unsaturated/α-hetero) is 1. The molecular weight excluding hydrogens is 272 g/mol. The van der Waals surface area contributed by atoms with Gasteiger partial charge in [-0.1, -0.05) is 0 Å². The maximum absolute atomic E-state index is 12.3. The predicted molar refractivity (Wildman–Crippen MR) is 77.4 cm³/mol. The minimum absolute atomic E-state index is 0.0310. The molecule has 2 rings (SSSR count). The first-order chi connectivity index (χ1) is 9.73. The van der Waals surface area contributed by atoms with Gasteiger partial charge in [-0.15, -0.1) is 0 Å². The molecule has 1 aliphatic heterocycles. The Morgan fingerprint density at radius 1 is 1.29 bits per heavy atom. The summed E-state index contributed by atoms with van der Waals surface area (Å²) in [7, 11) is 1.75. The van der Waals surface area contributed by atoms with Crippen molar-refractivity contribution in [2.24, 2.45) is 0 Å². The molecule has 21 heavy (non-hydrogen) atoms. The standard InChI is InChI=1S/C15H20N2O4/c1-15(2)14(21)16(3)6-7-17(15)9-13(20)11-5-4-10(18)8-12(11)19/h4-5,8,18-19H,6-7,9H2,1-3H3. The Bertz CT molecular complexity index is 583. The highest BCUT2D eigenvalue weighted by Crippen LogP contribution is 2.26. The van der Waals surface area contributed by atoms with Crippen LogP contribution in [0.1, 0.15) is 24.2 Å². The van der Waals surface area contributed by atoms with Crippen LogP contribution >= 0.6 is 0 Å². The van der Waals surface area contributed by atoms with Crippen molar-refractivity contribution in [1.82, 2.24) is 9.80 Å². The number of ketones is 1. The van der Waals surface area contributed by atoms with Crippen molar-refractivity contribution >= 4 is 11.7 Å².